The standard InChI is InChI=1S/C19H20N2O2/c1-23-19(22)16-11-13(12-2-3-12)4-6-18(16)21-15-5-7-17-14(10-15)8-9-20-17/h4-12,19-22H,2-3H2,1H3. The smallest absolute Gasteiger partial charge is 0.182 e. The normalized spacial score (nSPS) is 15.7. The van der Waals surface area contributed by atoms with Gasteiger partial charge in [0, 0.05) is 41.1 Å². The van der Waals surface area contributed by atoms with Gasteiger partial charge in [0.2, 0.25) is 0 Å². The Morgan fingerprint density at radius 1 is 1.17 bits per heavy atom. The van der Waals surface area contributed by atoms with Crippen molar-refractivity contribution >= 4 is 22.3 Å². The molecule has 3 aromatic rings. The molecule has 0 amide bonds. The Kier molecular flexibility index (Phi) is 3.56. The molecule has 1 aliphatic rings. The van der Waals surface area contributed by atoms with E-state index in [9.17, 15) is 5.11 Å². The van der Waals surface area contributed by atoms with Gasteiger partial charge in [-0.3, -0.25) is 0 Å². The molecule has 0 bridgehead atoms. The number of nitrogens with one attached hydrogen (secondary N) is 2. The molecule has 0 aliphatic heterocycles. The maximum Gasteiger partial charge on any atom is 0.182 e. The SMILES string of the molecule is COC(O)c1cc(C2CC2)ccc1Nc1ccc2[nH]ccc2c1. The minimum Gasteiger partial charge on any atom is -0.364 e. The Morgan fingerprint density at radius 3 is 2.83 bits per heavy atom. The van der Waals surface area contributed by atoms with Gasteiger partial charge < -0.3 is 20.1 Å². The van der Waals surface area contributed by atoms with E-state index in [1.165, 1.54) is 25.5 Å². The van der Waals surface area contributed by atoms with Crippen molar-refractivity contribution in [3.05, 3.63) is 59.8 Å². The van der Waals surface area contributed by atoms with Crippen molar-refractivity contribution in [2.75, 3.05) is 12.4 Å². The topological polar surface area (TPSA) is 57.3 Å². The monoisotopic (exact) mass is 308 g/mol. The molecule has 0 spiro atoms. The molecular weight excluding hydrogens is 288 g/mol. The van der Waals surface area contributed by atoms with E-state index < -0.39 is 6.29 Å². The van der Waals surface area contributed by atoms with E-state index in [-0.39, 0.29) is 0 Å². The number of aromatic nitrogens is 1. The van der Waals surface area contributed by atoms with E-state index in [2.05, 4.69) is 28.5 Å². The zero-order chi connectivity index (χ0) is 15.8. The van der Waals surface area contributed by atoms with Crippen LogP contribution in [0.4, 0.5) is 11.4 Å². The number of fused-ring (bicyclic) bond motifs is 1. The fourth-order valence-corrected chi connectivity index (χ4v) is 2.98. The van der Waals surface area contributed by atoms with Crippen molar-refractivity contribution in [1.29, 1.82) is 0 Å². The first-order valence-corrected chi connectivity index (χ1v) is 7.93. The van der Waals surface area contributed by atoms with Crippen molar-refractivity contribution in [1.82, 2.24) is 4.98 Å². The predicted molar refractivity (Wildman–Crippen MR) is 92.0 cm³/mol. The summed E-state index contributed by atoms with van der Waals surface area (Å²) in [6.45, 7) is 0. The number of hydrogen-bond donors (Lipinski definition) is 3. The number of rotatable bonds is 5. The second-order valence-electron chi connectivity index (χ2n) is 6.11. The number of benzene rings is 2. The number of aliphatic hydroxyl groups is 1. The van der Waals surface area contributed by atoms with Crippen molar-refractivity contribution < 1.29 is 9.84 Å². The van der Waals surface area contributed by atoms with Crippen LogP contribution in [0, 0.1) is 0 Å². The van der Waals surface area contributed by atoms with Crippen LogP contribution in [0.5, 0.6) is 0 Å². The fraction of sp³-hybridized carbons (Fsp3) is 0.263. The third kappa shape index (κ3) is 2.83. The maximum absolute atomic E-state index is 10.2. The molecule has 1 fully saturated rings. The van der Waals surface area contributed by atoms with Crippen molar-refractivity contribution in [3.63, 3.8) is 0 Å². The van der Waals surface area contributed by atoms with E-state index in [1.807, 2.05) is 30.5 Å². The second kappa shape index (κ2) is 5.72. The summed E-state index contributed by atoms with van der Waals surface area (Å²) in [6, 6.07) is 14.4. The van der Waals surface area contributed by atoms with E-state index in [4.69, 9.17) is 4.74 Å². The second-order valence-corrected chi connectivity index (χ2v) is 6.11. The van der Waals surface area contributed by atoms with Crippen LogP contribution in [0.15, 0.2) is 48.7 Å². The summed E-state index contributed by atoms with van der Waals surface area (Å²) in [5, 5.41) is 14.7. The molecule has 1 saturated carbocycles. The average molecular weight is 308 g/mol. The first-order valence-electron chi connectivity index (χ1n) is 7.93. The molecule has 118 valence electrons. The lowest BCUT2D eigenvalue weighted by Crippen LogP contribution is -2.05. The van der Waals surface area contributed by atoms with Gasteiger partial charge in [-0.2, -0.15) is 0 Å². The molecule has 2 aromatic carbocycles. The largest absolute Gasteiger partial charge is 0.364 e. The zero-order valence-electron chi connectivity index (χ0n) is 13.0. The molecule has 1 heterocycles. The lowest BCUT2D eigenvalue weighted by atomic mass is 10.0. The summed E-state index contributed by atoms with van der Waals surface area (Å²) < 4.78 is 5.14. The Hall–Kier alpha value is -2.30. The summed E-state index contributed by atoms with van der Waals surface area (Å²) in [5.41, 5.74) is 5.03. The summed E-state index contributed by atoms with van der Waals surface area (Å²) in [4.78, 5) is 3.19. The van der Waals surface area contributed by atoms with Crippen LogP contribution in [-0.2, 0) is 4.74 Å². The number of aliphatic hydroxyl groups excluding tert-OH is 1. The van der Waals surface area contributed by atoms with Gasteiger partial charge in [0.1, 0.15) is 0 Å². The predicted octanol–water partition coefficient (Wildman–Crippen LogP) is 4.43. The van der Waals surface area contributed by atoms with Crippen LogP contribution in [-0.4, -0.2) is 17.2 Å². The third-order valence-corrected chi connectivity index (χ3v) is 4.45. The Balaban J connectivity index is 1.68. The van der Waals surface area contributed by atoms with E-state index in [0.29, 0.717) is 5.92 Å². The third-order valence-electron chi connectivity index (χ3n) is 4.45. The van der Waals surface area contributed by atoms with Gasteiger partial charge in [-0.15, -0.1) is 0 Å². The molecule has 23 heavy (non-hydrogen) atoms. The van der Waals surface area contributed by atoms with Gasteiger partial charge in [-0.1, -0.05) is 6.07 Å². The van der Waals surface area contributed by atoms with E-state index in [1.54, 1.807) is 0 Å². The fourth-order valence-electron chi connectivity index (χ4n) is 2.98. The van der Waals surface area contributed by atoms with Gasteiger partial charge in [-0.05, 0) is 60.7 Å². The molecular formula is C19H20N2O2. The zero-order valence-corrected chi connectivity index (χ0v) is 13.0. The van der Waals surface area contributed by atoms with Gasteiger partial charge in [0.05, 0.1) is 0 Å². The Morgan fingerprint density at radius 2 is 2.04 bits per heavy atom. The number of anilines is 2. The highest BCUT2D eigenvalue weighted by Gasteiger charge is 2.25. The van der Waals surface area contributed by atoms with Crippen LogP contribution < -0.4 is 5.32 Å². The summed E-state index contributed by atoms with van der Waals surface area (Å²) in [7, 11) is 1.52. The van der Waals surface area contributed by atoms with Crippen LogP contribution in [0.1, 0.15) is 36.2 Å². The van der Waals surface area contributed by atoms with Crippen molar-refractivity contribution in [2.24, 2.45) is 0 Å². The van der Waals surface area contributed by atoms with Gasteiger partial charge >= 0.3 is 0 Å². The molecule has 4 heteroatoms. The molecule has 4 nitrogen and oxygen atoms in total. The Bertz CT molecular complexity index is 836. The average Bonchev–Trinajstić information content (AvgIpc) is 3.32. The highest BCUT2D eigenvalue weighted by atomic mass is 16.6. The van der Waals surface area contributed by atoms with Crippen LogP contribution in [0.3, 0.4) is 0 Å². The summed E-state index contributed by atoms with van der Waals surface area (Å²) >= 11 is 0. The lowest BCUT2D eigenvalue weighted by molar-refractivity contribution is -0.0764. The van der Waals surface area contributed by atoms with Gasteiger partial charge in [0.15, 0.2) is 6.29 Å². The lowest BCUT2D eigenvalue weighted by Gasteiger charge is -2.17. The molecule has 1 atom stereocenters. The molecule has 1 aromatic heterocycles. The quantitative estimate of drug-likeness (QED) is 0.611. The molecule has 3 N–H and O–H groups in total. The van der Waals surface area contributed by atoms with E-state index >= 15 is 0 Å². The highest BCUT2D eigenvalue weighted by molar-refractivity contribution is 5.84. The molecule has 0 radical (unpaired) electrons. The van der Waals surface area contributed by atoms with Crippen molar-refractivity contribution in [2.45, 2.75) is 25.0 Å². The highest BCUT2D eigenvalue weighted by Crippen LogP contribution is 2.42. The van der Waals surface area contributed by atoms with Crippen LogP contribution in [0.25, 0.3) is 10.9 Å². The Labute approximate surface area is 135 Å². The first kappa shape index (κ1) is 14.3. The maximum atomic E-state index is 10.2. The van der Waals surface area contributed by atoms with Crippen LogP contribution in [0.2, 0.25) is 0 Å². The van der Waals surface area contributed by atoms with E-state index in [0.717, 1.165) is 27.8 Å². The molecule has 1 aliphatic carbocycles. The number of H-pyrrole nitrogens is 1. The van der Waals surface area contributed by atoms with Crippen LogP contribution >= 0.6 is 0 Å². The molecule has 0 saturated heterocycles. The minimum absolute atomic E-state index is 0.642. The summed E-state index contributed by atoms with van der Waals surface area (Å²) in [5.74, 6) is 0.642. The molecule has 1 unspecified atom stereocenters. The minimum atomic E-state index is -0.924. The molecule has 4 rings (SSSR count). The van der Waals surface area contributed by atoms with Gasteiger partial charge in [-0.25, -0.2) is 0 Å². The number of aromatic amines is 1. The van der Waals surface area contributed by atoms with Crippen molar-refractivity contribution in [3.8, 4) is 0 Å². The van der Waals surface area contributed by atoms with Gasteiger partial charge in [0.25, 0.3) is 0 Å². The number of methoxy groups -OCH3 is 1. The number of ether oxygens (including phenoxy) is 1. The first-order chi connectivity index (χ1) is 11.2. The summed E-state index contributed by atoms with van der Waals surface area (Å²) in [6.07, 6.45) is 3.48. The number of hydrogen-bond acceptors (Lipinski definition) is 3.